The van der Waals surface area contributed by atoms with E-state index in [0.29, 0.717) is 12.1 Å². The highest BCUT2D eigenvalue weighted by atomic mass is 19.4. The summed E-state index contributed by atoms with van der Waals surface area (Å²) in [5.41, 5.74) is -4.14. The van der Waals surface area contributed by atoms with Crippen molar-refractivity contribution in [3.05, 3.63) is 91.4 Å². The monoisotopic (exact) mass is 559 g/mol. The molecule has 0 unspecified atom stereocenters. The van der Waals surface area contributed by atoms with Gasteiger partial charge in [-0.1, -0.05) is 30.3 Å². The van der Waals surface area contributed by atoms with Gasteiger partial charge in [-0.15, -0.1) is 5.10 Å². The van der Waals surface area contributed by atoms with Gasteiger partial charge >= 0.3 is 24.0 Å². The summed E-state index contributed by atoms with van der Waals surface area (Å²) < 4.78 is 86.8. The van der Waals surface area contributed by atoms with E-state index in [2.05, 4.69) is 15.5 Å². The quantitative estimate of drug-likeness (QED) is 0.236. The van der Waals surface area contributed by atoms with Crippen LogP contribution in [-0.4, -0.2) is 32.8 Å². The fraction of sp³-hybridized carbons (Fsp3) is 0.417. The van der Waals surface area contributed by atoms with Gasteiger partial charge in [-0.3, -0.25) is 0 Å². The molecule has 4 rings (SSSR count). The van der Waals surface area contributed by atoms with E-state index < -0.39 is 57.7 Å². The fourth-order valence-corrected chi connectivity index (χ4v) is 4.68. The first-order chi connectivity index (χ1) is 18.2. The number of rotatable bonds is 7. The average molecular weight is 559 g/mol. The van der Waals surface area contributed by atoms with Gasteiger partial charge in [-0.25, -0.2) is 4.79 Å². The summed E-state index contributed by atoms with van der Waals surface area (Å²) in [4.78, 5) is 22.7. The Balaban J connectivity index is 1.60. The highest BCUT2D eigenvalue weighted by molar-refractivity contribution is 5.35. The zero-order valence-electron chi connectivity index (χ0n) is 20.3. The Labute approximate surface area is 216 Å². The van der Waals surface area contributed by atoms with Gasteiger partial charge in [0.15, 0.2) is 0 Å². The molecule has 39 heavy (non-hydrogen) atoms. The molecule has 1 saturated heterocycles. The van der Waals surface area contributed by atoms with Crippen LogP contribution in [0.15, 0.2) is 53.3 Å². The number of ether oxygens (including phenoxy) is 1. The molecule has 2 N–H and O–H groups in total. The van der Waals surface area contributed by atoms with Crippen molar-refractivity contribution >= 4 is 5.95 Å². The topological polar surface area (TPSA) is 115 Å². The standard InChI is InChI=1S/C24H23F6N5O4/c1-14(15-9-17(23(25,26)27)11-18(10-15)24(28,29)30)39-13-22(16-5-3-2-4-6-16)8-7-19(12-31-22)34-20(35(37)38)32-33-21(34)36/h2-6,9-11,14,19,31H,7-8,12-13H2,1H3,(H,33,36)/t14-,19+,22-/m1/s1. The van der Waals surface area contributed by atoms with E-state index in [1.807, 2.05) is 0 Å². The molecule has 15 heteroatoms. The number of halogens is 6. The molecule has 0 aliphatic carbocycles. The first-order valence-electron chi connectivity index (χ1n) is 11.7. The van der Waals surface area contributed by atoms with E-state index in [0.717, 1.165) is 10.1 Å². The van der Waals surface area contributed by atoms with Crippen molar-refractivity contribution in [2.75, 3.05) is 13.2 Å². The van der Waals surface area contributed by atoms with Crippen molar-refractivity contribution in [1.82, 2.24) is 20.1 Å². The summed E-state index contributed by atoms with van der Waals surface area (Å²) in [7, 11) is 0. The molecule has 1 aliphatic heterocycles. The van der Waals surface area contributed by atoms with Crippen LogP contribution < -0.4 is 11.0 Å². The van der Waals surface area contributed by atoms with Gasteiger partial charge in [0.2, 0.25) is 0 Å². The van der Waals surface area contributed by atoms with Gasteiger partial charge in [0.05, 0.1) is 29.4 Å². The molecule has 9 nitrogen and oxygen atoms in total. The molecule has 2 heterocycles. The lowest BCUT2D eigenvalue weighted by Crippen LogP contribution is -2.53. The molecular formula is C24H23F6N5O4. The van der Waals surface area contributed by atoms with Crippen LogP contribution in [0.3, 0.4) is 0 Å². The number of piperidine rings is 1. The summed E-state index contributed by atoms with van der Waals surface area (Å²) in [5, 5.41) is 20.0. The Bertz CT molecular complexity index is 1350. The zero-order valence-corrected chi connectivity index (χ0v) is 20.3. The smallest absolute Gasteiger partial charge is 0.390 e. The number of H-pyrrole nitrogens is 1. The van der Waals surface area contributed by atoms with Gasteiger partial charge in [0.1, 0.15) is 6.04 Å². The second-order valence-electron chi connectivity index (χ2n) is 9.27. The Kier molecular flexibility index (Phi) is 7.58. The Hall–Kier alpha value is -3.72. The lowest BCUT2D eigenvalue weighted by atomic mass is 9.81. The van der Waals surface area contributed by atoms with Crippen LogP contribution in [0.5, 0.6) is 0 Å². The molecule has 0 bridgehead atoms. The molecule has 0 spiro atoms. The minimum atomic E-state index is -4.99. The summed E-state index contributed by atoms with van der Waals surface area (Å²) >= 11 is 0. The third-order valence-corrected chi connectivity index (χ3v) is 6.78. The number of nitrogens with one attached hydrogen (secondary N) is 2. The second kappa shape index (κ2) is 10.4. The first kappa shape index (κ1) is 28.3. The molecule has 0 radical (unpaired) electrons. The number of aromatic amines is 1. The summed E-state index contributed by atoms with van der Waals surface area (Å²) in [6.45, 7) is 1.29. The van der Waals surface area contributed by atoms with Crippen LogP contribution in [0, 0.1) is 10.1 Å². The average Bonchev–Trinajstić information content (AvgIpc) is 3.28. The number of aromatic nitrogens is 3. The van der Waals surface area contributed by atoms with Crippen molar-refractivity contribution in [2.24, 2.45) is 0 Å². The van der Waals surface area contributed by atoms with Crippen molar-refractivity contribution in [1.29, 1.82) is 0 Å². The van der Waals surface area contributed by atoms with Crippen LogP contribution in [0.1, 0.15) is 54.2 Å². The largest absolute Gasteiger partial charge is 0.459 e. The predicted octanol–water partition coefficient (Wildman–Crippen LogP) is 5.12. The van der Waals surface area contributed by atoms with E-state index in [1.54, 1.807) is 30.3 Å². The Morgan fingerprint density at radius 2 is 1.74 bits per heavy atom. The van der Waals surface area contributed by atoms with E-state index >= 15 is 0 Å². The number of nitro groups is 1. The van der Waals surface area contributed by atoms with E-state index in [4.69, 9.17) is 4.74 Å². The Morgan fingerprint density at radius 1 is 1.13 bits per heavy atom. The minimum absolute atomic E-state index is 0.0571. The maximum atomic E-state index is 13.3. The molecule has 0 saturated carbocycles. The molecule has 3 aromatic rings. The van der Waals surface area contributed by atoms with E-state index in [1.165, 1.54) is 6.92 Å². The van der Waals surface area contributed by atoms with Crippen LogP contribution >= 0.6 is 0 Å². The van der Waals surface area contributed by atoms with E-state index in [-0.39, 0.29) is 37.6 Å². The number of hydrogen-bond acceptors (Lipinski definition) is 6. The minimum Gasteiger partial charge on any atom is -0.390 e. The predicted molar refractivity (Wildman–Crippen MR) is 125 cm³/mol. The van der Waals surface area contributed by atoms with Crippen LogP contribution in [0.4, 0.5) is 32.3 Å². The SMILES string of the molecule is C[C@@H](OC[C@@]1(c2ccccc2)CC[C@H](n2c([N+](=O)[O-])n[nH]c2=O)CN1)c1cc(C(F)(F)F)cc(C(F)(F)F)c1. The van der Waals surface area contributed by atoms with Crippen LogP contribution in [0.2, 0.25) is 0 Å². The molecule has 1 fully saturated rings. The molecule has 1 aromatic heterocycles. The maximum Gasteiger partial charge on any atom is 0.459 e. The number of nitrogens with zero attached hydrogens (tertiary/aromatic N) is 3. The highest BCUT2D eigenvalue weighted by Crippen LogP contribution is 2.39. The van der Waals surface area contributed by atoms with Gasteiger partial charge in [-0.2, -0.15) is 30.9 Å². The molecule has 210 valence electrons. The second-order valence-corrected chi connectivity index (χ2v) is 9.27. The summed E-state index contributed by atoms with van der Waals surface area (Å²) in [6, 6.07) is 9.50. The zero-order chi connectivity index (χ0) is 28.6. The molecule has 3 atom stereocenters. The summed E-state index contributed by atoms with van der Waals surface area (Å²) in [6.07, 6.45) is -10.6. The Morgan fingerprint density at radius 3 is 2.26 bits per heavy atom. The first-order valence-corrected chi connectivity index (χ1v) is 11.7. The fourth-order valence-electron chi connectivity index (χ4n) is 4.68. The lowest BCUT2D eigenvalue weighted by molar-refractivity contribution is -0.397. The van der Waals surface area contributed by atoms with E-state index in [9.17, 15) is 41.3 Å². The molecule has 0 amide bonds. The normalized spacial score (nSPS) is 21.1. The maximum absolute atomic E-state index is 13.3. The van der Waals surface area contributed by atoms with Gasteiger partial charge in [0.25, 0.3) is 0 Å². The van der Waals surface area contributed by atoms with Gasteiger partial charge in [0, 0.05) is 11.6 Å². The van der Waals surface area contributed by atoms with Crippen molar-refractivity contribution in [2.45, 2.75) is 49.8 Å². The third-order valence-electron chi connectivity index (χ3n) is 6.78. The van der Waals surface area contributed by atoms with Crippen LogP contribution in [0.25, 0.3) is 0 Å². The molecule has 1 aliphatic rings. The number of benzene rings is 2. The van der Waals surface area contributed by atoms with Crippen molar-refractivity contribution in [3.8, 4) is 0 Å². The van der Waals surface area contributed by atoms with Gasteiger partial charge in [-0.05, 0) is 54.0 Å². The lowest BCUT2D eigenvalue weighted by Gasteiger charge is -2.41. The number of hydrogen-bond donors (Lipinski definition) is 2. The summed E-state index contributed by atoms with van der Waals surface area (Å²) in [5.74, 6) is -0.645. The van der Waals surface area contributed by atoms with Crippen molar-refractivity contribution < 1.29 is 36.0 Å². The molecule has 2 aromatic carbocycles. The van der Waals surface area contributed by atoms with Crippen molar-refractivity contribution in [3.63, 3.8) is 0 Å². The third kappa shape index (κ3) is 5.98. The molecular weight excluding hydrogens is 536 g/mol. The van der Waals surface area contributed by atoms with Gasteiger partial charge < -0.3 is 20.2 Å². The number of alkyl halides is 6. The highest BCUT2D eigenvalue weighted by Gasteiger charge is 2.42. The van der Waals surface area contributed by atoms with Crippen LogP contribution in [-0.2, 0) is 22.6 Å².